The molecule has 144 valence electrons. The summed E-state index contributed by atoms with van der Waals surface area (Å²) in [5.41, 5.74) is 8.83. The van der Waals surface area contributed by atoms with Gasteiger partial charge in [-0.1, -0.05) is 38.1 Å². The highest BCUT2D eigenvalue weighted by Crippen LogP contribution is 2.14. The van der Waals surface area contributed by atoms with Gasteiger partial charge in [-0.15, -0.1) is 0 Å². The third kappa shape index (κ3) is 6.22. The van der Waals surface area contributed by atoms with Gasteiger partial charge in [0.05, 0.1) is 0 Å². The molecule has 0 saturated carbocycles. The fraction of sp³-hybridized carbons (Fsp3) is 0.364. The predicted octanol–water partition coefficient (Wildman–Crippen LogP) is 2.64. The van der Waals surface area contributed by atoms with Crippen LogP contribution in [0.5, 0.6) is 0 Å². The molecule has 0 fully saturated rings. The highest BCUT2D eigenvalue weighted by Gasteiger charge is 2.20. The van der Waals surface area contributed by atoms with Crippen LogP contribution >= 0.6 is 0 Å². The van der Waals surface area contributed by atoms with Crippen LogP contribution in [0.25, 0.3) is 0 Å². The second-order valence-electron chi connectivity index (χ2n) is 7.54. The number of hydrogen-bond acceptors (Lipinski definition) is 2. The van der Waals surface area contributed by atoms with Crippen molar-refractivity contribution in [1.29, 1.82) is 0 Å². The molecule has 0 aromatic heterocycles. The third-order valence-corrected chi connectivity index (χ3v) is 4.58. The summed E-state index contributed by atoms with van der Waals surface area (Å²) in [5.74, 6) is 0.0773. The monoisotopic (exact) mass is 368 g/mol. The number of rotatable bonds is 8. The Labute approximate surface area is 161 Å². The van der Waals surface area contributed by atoms with Crippen molar-refractivity contribution in [2.75, 3.05) is 5.32 Å². The molecule has 0 spiro atoms. The predicted molar refractivity (Wildman–Crippen MR) is 108 cm³/mol. The van der Waals surface area contributed by atoms with E-state index in [4.69, 9.17) is 5.73 Å². The van der Waals surface area contributed by atoms with E-state index in [9.17, 15) is 9.59 Å². The summed E-state index contributed by atoms with van der Waals surface area (Å²) in [7, 11) is 0. The molecule has 0 heterocycles. The first-order chi connectivity index (χ1) is 12.8. The Morgan fingerprint density at radius 1 is 0.963 bits per heavy atom. The number of primary amides is 1. The van der Waals surface area contributed by atoms with Gasteiger partial charge in [-0.25, -0.2) is 0 Å². The molecule has 0 radical (unpaired) electrons. The van der Waals surface area contributed by atoms with Crippen LogP contribution < -0.4 is 16.4 Å². The molecule has 0 saturated heterocycles. The average molecular weight is 369 g/mol. The average Bonchev–Trinajstić information content (AvgIpc) is 2.62. The van der Waals surface area contributed by atoms with Crippen LogP contribution in [-0.4, -0.2) is 17.9 Å². The fourth-order valence-electron chi connectivity index (χ4n) is 3.03. The summed E-state index contributed by atoms with van der Waals surface area (Å²) in [6.45, 7) is 8.41. The molecule has 5 heteroatoms. The van der Waals surface area contributed by atoms with E-state index in [0.29, 0.717) is 17.2 Å². The van der Waals surface area contributed by atoms with Gasteiger partial charge in [-0.2, -0.15) is 0 Å². The number of nitrogens with one attached hydrogen (secondary N) is 1. The normalized spacial score (nSPS) is 13.2. The molecule has 2 amide bonds. The lowest BCUT2D eigenvalue weighted by Gasteiger charge is -2.17. The van der Waals surface area contributed by atoms with Crippen LogP contribution in [0.15, 0.2) is 48.5 Å². The molecule has 2 atom stereocenters. The maximum atomic E-state index is 12.4. The molecule has 5 nitrogen and oxygen atoms in total. The largest absolute Gasteiger partial charge is 0.366 e. The second kappa shape index (κ2) is 9.33. The number of quaternary nitrogens is 1. The smallest absolute Gasteiger partial charge is 0.282 e. The number of carbonyl (C=O) groups is 2. The van der Waals surface area contributed by atoms with Gasteiger partial charge in [0.1, 0.15) is 6.04 Å². The van der Waals surface area contributed by atoms with Crippen LogP contribution in [-0.2, 0) is 11.2 Å². The minimum Gasteiger partial charge on any atom is -0.366 e. The van der Waals surface area contributed by atoms with E-state index in [0.717, 1.165) is 6.42 Å². The quantitative estimate of drug-likeness (QED) is 0.669. The lowest BCUT2D eigenvalue weighted by molar-refractivity contribution is -0.709. The Kier molecular flexibility index (Phi) is 7.13. The number of benzene rings is 2. The van der Waals surface area contributed by atoms with Crippen LogP contribution in [0.2, 0.25) is 0 Å². The zero-order valence-corrected chi connectivity index (χ0v) is 16.5. The summed E-state index contributed by atoms with van der Waals surface area (Å²) in [4.78, 5) is 23.5. The van der Waals surface area contributed by atoms with Gasteiger partial charge < -0.3 is 16.4 Å². The lowest BCUT2D eigenvalue weighted by atomic mass is 9.99. The number of anilines is 1. The van der Waals surface area contributed by atoms with E-state index in [-0.39, 0.29) is 18.0 Å². The van der Waals surface area contributed by atoms with Gasteiger partial charge in [-0.05, 0) is 56.0 Å². The minimum absolute atomic E-state index is 0.0786. The van der Waals surface area contributed by atoms with Gasteiger partial charge in [0.2, 0.25) is 5.91 Å². The van der Waals surface area contributed by atoms with E-state index in [1.165, 1.54) is 11.1 Å². The van der Waals surface area contributed by atoms with Crippen molar-refractivity contribution in [2.24, 2.45) is 11.7 Å². The van der Waals surface area contributed by atoms with Crippen molar-refractivity contribution in [3.05, 3.63) is 65.2 Å². The summed E-state index contributed by atoms with van der Waals surface area (Å²) < 4.78 is 0. The zero-order chi connectivity index (χ0) is 20.0. The van der Waals surface area contributed by atoms with E-state index in [1.54, 1.807) is 24.3 Å². The Morgan fingerprint density at radius 2 is 1.56 bits per heavy atom. The summed E-state index contributed by atoms with van der Waals surface area (Å²) in [6, 6.07) is 15.1. The van der Waals surface area contributed by atoms with E-state index >= 15 is 0 Å². The van der Waals surface area contributed by atoms with E-state index in [2.05, 4.69) is 50.4 Å². The summed E-state index contributed by atoms with van der Waals surface area (Å²) in [6.07, 6.45) is 1.08. The third-order valence-electron chi connectivity index (χ3n) is 4.58. The molecular weight excluding hydrogens is 338 g/mol. The Morgan fingerprint density at radius 3 is 2.07 bits per heavy atom. The minimum atomic E-state index is -0.484. The highest BCUT2D eigenvalue weighted by molar-refractivity contribution is 5.95. The van der Waals surface area contributed by atoms with Gasteiger partial charge in [0.15, 0.2) is 6.04 Å². The van der Waals surface area contributed by atoms with Gasteiger partial charge in [0, 0.05) is 16.8 Å². The van der Waals surface area contributed by atoms with Crippen LogP contribution in [0.3, 0.4) is 0 Å². The number of amides is 2. The summed E-state index contributed by atoms with van der Waals surface area (Å²) >= 11 is 0. The van der Waals surface area contributed by atoms with Crippen molar-refractivity contribution in [3.63, 3.8) is 0 Å². The number of nitrogens with two attached hydrogens (primary N) is 2. The number of carbonyl (C=O) groups excluding carboxylic acids is 2. The molecular formula is C22H30N3O2+. The lowest BCUT2D eigenvalue weighted by Crippen LogP contribution is -2.91. The standard InChI is InChI=1S/C22H29N3O2/c1-14(2)13-17-5-7-18(8-6-17)15(3)24-16(4)22(27)25-20-11-9-19(10-12-20)21(23)26/h5-12,14-16,24H,13H2,1-4H3,(H2,23,26)(H,25,27)/p+1/t15-,16-/m1/s1. The molecule has 0 unspecified atom stereocenters. The topological polar surface area (TPSA) is 88.8 Å². The van der Waals surface area contributed by atoms with Crippen molar-refractivity contribution < 1.29 is 14.9 Å². The Balaban J connectivity index is 1.91. The first-order valence-electron chi connectivity index (χ1n) is 9.40. The molecule has 0 bridgehead atoms. The first kappa shape index (κ1) is 20.6. The Hall–Kier alpha value is -2.66. The van der Waals surface area contributed by atoms with Crippen molar-refractivity contribution in [2.45, 2.75) is 46.2 Å². The van der Waals surface area contributed by atoms with Crippen LogP contribution in [0, 0.1) is 5.92 Å². The molecule has 2 aromatic rings. The first-order valence-corrected chi connectivity index (χ1v) is 9.40. The summed E-state index contributed by atoms with van der Waals surface area (Å²) in [5, 5.41) is 4.92. The number of hydrogen-bond donors (Lipinski definition) is 3. The van der Waals surface area contributed by atoms with E-state index in [1.807, 2.05) is 12.2 Å². The molecule has 27 heavy (non-hydrogen) atoms. The molecule has 0 aliphatic carbocycles. The Bertz CT molecular complexity index is 767. The fourth-order valence-corrected chi connectivity index (χ4v) is 3.03. The maximum absolute atomic E-state index is 12.4. The van der Waals surface area contributed by atoms with Gasteiger partial charge in [0.25, 0.3) is 5.91 Å². The van der Waals surface area contributed by atoms with Crippen LogP contribution in [0.4, 0.5) is 5.69 Å². The van der Waals surface area contributed by atoms with Crippen molar-refractivity contribution >= 4 is 17.5 Å². The van der Waals surface area contributed by atoms with Crippen molar-refractivity contribution in [1.82, 2.24) is 0 Å². The maximum Gasteiger partial charge on any atom is 0.282 e. The van der Waals surface area contributed by atoms with Crippen molar-refractivity contribution in [3.8, 4) is 0 Å². The van der Waals surface area contributed by atoms with Gasteiger partial charge >= 0.3 is 0 Å². The molecule has 2 aromatic carbocycles. The van der Waals surface area contributed by atoms with Crippen LogP contribution in [0.1, 0.15) is 55.2 Å². The SMILES string of the molecule is CC(C)Cc1ccc([C@@H](C)[NH2+][C@H](C)C(=O)Nc2ccc(C(N)=O)cc2)cc1. The van der Waals surface area contributed by atoms with Gasteiger partial charge in [-0.3, -0.25) is 9.59 Å². The highest BCUT2D eigenvalue weighted by atomic mass is 16.2. The molecule has 5 N–H and O–H groups in total. The molecule has 0 aliphatic rings. The molecule has 0 aliphatic heterocycles. The zero-order valence-electron chi connectivity index (χ0n) is 16.5. The molecule has 2 rings (SSSR count). The van der Waals surface area contributed by atoms with E-state index < -0.39 is 5.91 Å². The second-order valence-corrected chi connectivity index (χ2v) is 7.54.